The number of methoxy groups -OCH3 is 2. The first kappa shape index (κ1) is 10.3. The van der Waals surface area contributed by atoms with Crippen molar-refractivity contribution >= 4 is 11.8 Å². The average molecular weight is 196 g/mol. The molecule has 2 N–H and O–H groups in total. The normalized spacial score (nSPS) is 20.6. The maximum absolute atomic E-state index is 11.2. The molecule has 0 aromatic rings. The molecule has 1 aliphatic rings. The fraction of sp³-hybridized carbons (Fsp3) is 0.333. The third kappa shape index (κ3) is 1.93. The summed E-state index contributed by atoms with van der Waals surface area (Å²) in [6, 6.07) is 0. The number of nitrogens with two attached hydrogens (primary N) is 1. The summed E-state index contributed by atoms with van der Waals surface area (Å²) in [7, 11) is 2.90. The van der Waals surface area contributed by atoms with Crippen molar-refractivity contribution in [3.63, 3.8) is 0 Å². The molecule has 0 fully saturated rings. The molecule has 0 spiro atoms. The molecule has 1 atom stereocenters. The molecule has 0 bridgehead atoms. The van der Waals surface area contributed by atoms with Crippen LogP contribution in [0.5, 0.6) is 0 Å². The molecule has 0 aromatic carbocycles. The minimum Gasteiger partial charge on any atom is -0.500 e. The third-order valence-electron chi connectivity index (χ3n) is 1.81. The Kier molecular flexibility index (Phi) is 3.28. The Hall–Kier alpha value is -1.78. The van der Waals surface area contributed by atoms with Gasteiger partial charge in [0.05, 0.1) is 14.2 Å². The Morgan fingerprint density at radius 2 is 2.21 bits per heavy atom. The van der Waals surface area contributed by atoms with Gasteiger partial charge >= 0.3 is 0 Å². The van der Waals surface area contributed by atoms with Gasteiger partial charge in [0.25, 0.3) is 0 Å². The number of hydrogen-bond acceptors (Lipinski definition) is 4. The standard InChI is InChI=1S/C9H12N2O3/c1-13-6-4-3-5-11-9(14-2)7(6)8(10)12/h3-5,7H,1-2H3,(H2,10,12). The summed E-state index contributed by atoms with van der Waals surface area (Å²) in [6.45, 7) is 0. The van der Waals surface area contributed by atoms with E-state index in [1.54, 1.807) is 12.2 Å². The predicted molar refractivity (Wildman–Crippen MR) is 51.4 cm³/mol. The second-order valence-corrected chi connectivity index (χ2v) is 2.62. The molecular formula is C9H12N2O3. The number of amides is 1. The van der Waals surface area contributed by atoms with Gasteiger partial charge < -0.3 is 15.2 Å². The van der Waals surface area contributed by atoms with Crippen molar-refractivity contribution in [1.82, 2.24) is 0 Å². The molecule has 1 heterocycles. The summed E-state index contributed by atoms with van der Waals surface area (Å²) in [5.74, 6) is -0.645. The van der Waals surface area contributed by atoms with E-state index in [0.717, 1.165) is 0 Å². The van der Waals surface area contributed by atoms with Gasteiger partial charge in [-0.15, -0.1) is 0 Å². The first-order valence-electron chi connectivity index (χ1n) is 4.02. The molecule has 5 nitrogen and oxygen atoms in total. The average Bonchev–Trinajstić information content (AvgIpc) is 2.38. The van der Waals surface area contributed by atoms with E-state index in [2.05, 4.69) is 4.99 Å². The molecule has 0 aliphatic carbocycles. The minimum atomic E-state index is -0.750. The SMILES string of the molecule is COC1=CC=CN=C(OC)C1C(N)=O. The van der Waals surface area contributed by atoms with E-state index in [0.29, 0.717) is 5.76 Å². The Labute approximate surface area is 81.9 Å². The fourth-order valence-corrected chi connectivity index (χ4v) is 1.17. The van der Waals surface area contributed by atoms with Gasteiger partial charge in [0.2, 0.25) is 11.8 Å². The van der Waals surface area contributed by atoms with Gasteiger partial charge in [-0.3, -0.25) is 4.79 Å². The van der Waals surface area contributed by atoms with Crippen molar-refractivity contribution in [2.24, 2.45) is 16.6 Å². The highest BCUT2D eigenvalue weighted by molar-refractivity contribution is 6.02. The van der Waals surface area contributed by atoms with Gasteiger partial charge in [-0.25, -0.2) is 4.99 Å². The van der Waals surface area contributed by atoms with Gasteiger partial charge in [0.15, 0.2) is 5.92 Å². The van der Waals surface area contributed by atoms with Crippen LogP contribution in [0, 0.1) is 5.92 Å². The molecule has 0 aromatic heterocycles. The first-order valence-corrected chi connectivity index (χ1v) is 4.02. The van der Waals surface area contributed by atoms with Crippen molar-refractivity contribution in [1.29, 1.82) is 0 Å². The number of aliphatic imine (C=N–C) groups is 1. The summed E-state index contributed by atoms with van der Waals surface area (Å²) < 4.78 is 9.98. The first-order chi connectivity index (χ1) is 6.70. The summed E-state index contributed by atoms with van der Waals surface area (Å²) in [5.41, 5.74) is 5.22. The molecule has 1 aliphatic heterocycles. The largest absolute Gasteiger partial charge is 0.500 e. The monoisotopic (exact) mass is 196 g/mol. The van der Waals surface area contributed by atoms with Gasteiger partial charge in [-0.1, -0.05) is 0 Å². The second-order valence-electron chi connectivity index (χ2n) is 2.62. The molecule has 5 heteroatoms. The van der Waals surface area contributed by atoms with Crippen molar-refractivity contribution in [2.45, 2.75) is 0 Å². The number of allylic oxidation sites excluding steroid dienone is 2. The summed E-state index contributed by atoms with van der Waals surface area (Å²) >= 11 is 0. The third-order valence-corrected chi connectivity index (χ3v) is 1.81. The van der Waals surface area contributed by atoms with E-state index in [1.807, 2.05) is 0 Å². The maximum atomic E-state index is 11.2. The Morgan fingerprint density at radius 3 is 2.71 bits per heavy atom. The summed E-state index contributed by atoms with van der Waals surface area (Å²) in [6.07, 6.45) is 4.80. The number of carbonyl (C=O) groups is 1. The Morgan fingerprint density at radius 1 is 1.50 bits per heavy atom. The highest BCUT2D eigenvalue weighted by atomic mass is 16.5. The van der Waals surface area contributed by atoms with Crippen LogP contribution in [0.3, 0.4) is 0 Å². The van der Waals surface area contributed by atoms with Crippen LogP contribution in [0.2, 0.25) is 0 Å². The highest BCUT2D eigenvalue weighted by Gasteiger charge is 2.29. The zero-order valence-corrected chi connectivity index (χ0v) is 8.06. The highest BCUT2D eigenvalue weighted by Crippen LogP contribution is 2.17. The lowest BCUT2D eigenvalue weighted by atomic mass is 10.1. The van der Waals surface area contributed by atoms with Crippen LogP contribution in [-0.2, 0) is 14.3 Å². The zero-order valence-electron chi connectivity index (χ0n) is 8.06. The van der Waals surface area contributed by atoms with Crippen molar-refractivity contribution in [2.75, 3.05) is 14.2 Å². The molecular weight excluding hydrogens is 184 g/mol. The van der Waals surface area contributed by atoms with Crippen molar-refractivity contribution in [3.05, 3.63) is 24.1 Å². The maximum Gasteiger partial charge on any atom is 0.237 e. The van der Waals surface area contributed by atoms with Gasteiger partial charge in [0.1, 0.15) is 5.76 Å². The van der Waals surface area contributed by atoms with E-state index < -0.39 is 11.8 Å². The predicted octanol–water partition coefficient (Wildman–Crippen LogP) is 0.190. The van der Waals surface area contributed by atoms with E-state index in [1.165, 1.54) is 20.4 Å². The number of rotatable bonds is 2. The van der Waals surface area contributed by atoms with Crippen LogP contribution in [0.15, 0.2) is 29.1 Å². The molecule has 0 radical (unpaired) electrons. The lowest BCUT2D eigenvalue weighted by Crippen LogP contribution is -2.33. The van der Waals surface area contributed by atoms with Crippen LogP contribution in [0.1, 0.15) is 0 Å². The molecule has 1 unspecified atom stereocenters. The number of primary amides is 1. The van der Waals surface area contributed by atoms with E-state index >= 15 is 0 Å². The second kappa shape index (κ2) is 4.45. The summed E-state index contributed by atoms with van der Waals surface area (Å²) in [5, 5.41) is 0. The molecule has 1 amide bonds. The minimum absolute atomic E-state index is 0.236. The fourth-order valence-electron chi connectivity index (χ4n) is 1.17. The van der Waals surface area contributed by atoms with Crippen molar-refractivity contribution in [3.8, 4) is 0 Å². The lowest BCUT2D eigenvalue weighted by Gasteiger charge is -2.15. The number of ether oxygens (including phenoxy) is 2. The van der Waals surface area contributed by atoms with E-state index in [9.17, 15) is 4.79 Å². The Bertz CT molecular complexity index is 294. The number of carbonyl (C=O) groups excluding carboxylic acids is 1. The molecule has 14 heavy (non-hydrogen) atoms. The van der Waals surface area contributed by atoms with Crippen LogP contribution in [0.25, 0.3) is 0 Å². The smallest absolute Gasteiger partial charge is 0.237 e. The van der Waals surface area contributed by atoms with E-state index in [-0.39, 0.29) is 5.90 Å². The quantitative estimate of drug-likeness (QED) is 0.685. The molecule has 1 rings (SSSR count). The Balaban J connectivity index is 3.07. The zero-order chi connectivity index (χ0) is 10.6. The summed E-state index contributed by atoms with van der Waals surface area (Å²) in [4.78, 5) is 15.1. The van der Waals surface area contributed by atoms with Crippen LogP contribution >= 0.6 is 0 Å². The van der Waals surface area contributed by atoms with Crippen molar-refractivity contribution < 1.29 is 14.3 Å². The van der Waals surface area contributed by atoms with Crippen LogP contribution < -0.4 is 5.73 Å². The number of hydrogen-bond donors (Lipinski definition) is 1. The van der Waals surface area contributed by atoms with Gasteiger partial charge in [-0.05, 0) is 12.2 Å². The molecule has 0 saturated heterocycles. The molecule has 0 saturated carbocycles. The van der Waals surface area contributed by atoms with E-state index in [4.69, 9.17) is 15.2 Å². The van der Waals surface area contributed by atoms with Gasteiger partial charge in [-0.2, -0.15) is 0 Å². The lowest BCUT2D eigenvalue weighted by molar-refractivity contribution is -0.120. The number of nitrogens with zero attached hydrogens (tertiary/aromatic N) is 1. The topological polar surface area (TPSA) is 73.9 Å². The van der Waals surface area contributed by atoms with Gasteiger partial charge in [0, 0.05) is 6.20 Å². The molecule has 76 valence electrons. The van der Waals surface area contributed by atoms with Crippen LogP contribution in [-0.4, -0.2) is 26.0 Å². The van der Waals surface area contributed by atoms with Crippen LogP contribution in [0.4, 0.5) is 0 Å².